The van der Waals surface area contributed by atoms with E-state index in [2.05, 4.69) is 4.98 Å². The number of likely N-dealkylation sites (tertiary alicyclic amines) is 1. The number of amides is 1. The van der Waals surface area contributed by atoms with Gasteiger partial charge in [-0.1, -0.05) is 6.92 Å². The van der Waals surface area contributed by atoms with Gasteiger partial charge in [0, 0.05) is 24.0 Å². The van der Waals surface area contributed by atoms with Crippen molar-refractivity contribution in [1.82, 2.24) is 9.88 Å². The van der Waals surface area contributed by atoms with Crippen molar-refractivity contribution in [3.63, 3.8) is 0 Å². The van der Waals surface area contributed by atoms with E-state index in [1.807, 2.05) is 13.8 Å². The first-order valence-electron chi connectivity index (χ1n) is 6.47. The number of piperidine rings is 1. The Labute approximate surface area is 112 Å². The van der Waals surface area contributed by atoms with Crippen LogP contribution >= 0.6 is 0 Å². The lowest BCUT2D eigenvalue weighted by Crippen LogP contribution is -2.51. The molecule has 1 amide bonds. The molecule has 2 heterocycles. The van der Waals surface area contributed by atoms with Crippen LogP contribution in [0.2, 0.25) is 0 Å². The minimum Gasteiger partial charge on any atom is -0.480 e. The highest BCUT2D eigenvalue weighted by atomic mass is 16.4. The summed E-state index contributed by atoms with van der Waals surface area (Å²) in [6, 6.07) is 2.60. The Bertz CT molecular complexity index is 501. The molecule has 1 aromatic heterocycles. The molecule has 0 bridgehead atoms. The molecule has 1 N–H and O–H groups in total. The summed E-state index contributed by atoms with van der Waals surface area (Å²) in [4.78, 5) is 29.3. The van der Waals surface area contributed by atoms with Gasteiger partial charge in [0.1, 0.15) is 6.04 Å². The minimum atomic E-state index is -0.925. The van der Waals surface area contributed by atoms with E-state index in [0.29, 0.717) is 12.1 Å². The van der Waals surface area contributed by atoms with Crippen LogP contribution in [0.5, 0.6) is 0 Å². The number of aryl methyl sites for hydroxylation is 1. The number of carboxylic acid groups (broad SMARTS) is 1. The van der Waals surface area contributed by atoms with Crippen LogP contribution in [0.15, 0.2) is 18.3 Å². The molecule has 1 saturated heterocycles. The maximum absolute atomic E-state index is 12.4. The van der Waals surface area contributed by atoms with Gasteiger partial charge in [-0.25, -0.2) is 4.79 Å². The number of aromatic nitrogens is 1. The van der Waals surface area contributed by atoms with E-state index in [1.165, 1.54) is 4.90 Å². The molecular weight excluding hydrogens is 244 g/mol. The molecule has 0 aromatic carbocycles. The lowest BCUT2D eigenvalue weighted by molar-refractivity contribution is -0.145. The van der Waals surface area contributed by atoms with Gasteiger partial charge in [0.25, 0.3) is 5.91 Å². The molecule has 2 unspecified atom stereocenters. The highest BCUT2D eigenvalue weighted by molar-refractivity contribution is 5.96. The summed E-state index contributed by atoms with van der Waals surface area (Å²) >= 11 is 0. The topological polar surface area (TPSA) is 70.5 Å². The molecule has 5 heteroatoms. The Balaban J connectivity index is 2.28. The molecule has 102 valence electrons. The van der Waals surface area contributed by atoms with Gasteiger partial charge in [0.15, 0.2) is 0 Å². The largest absolute Gasteiger partial charge is 0.480 e. The van der Waals surface area contributed by atoms with Gasteiger partial charge >= 0.3 is 5.97 Å². The van der Waals surface area contributed by atoms with Gasteiger partial charge in [-0.2, -0.15) is 0 Å². The van der Waals surface area contributed by atoms with Gasteiger partial charge in [-0.05, 0) is 37.8 Å². The summed E-state index contributed by atoms with van der Waals surface area (Å²) < 4.78 is 0. The molecule has 1 aromatic rings. The van der Waals surface area contributed by atoms with E-state index in [0.717, 1.165) is 18.5 Å². The third-order valence-electron chi connectivity index (χ3n) is 3.59. The van der Waals surface area contributed by atoms with Gasteiger partial charge in [-0.15, -0.1) is 0 Å². The summed E-state index contributed by atoms with van der Waals surface area (Å²) in [5.41, 5.74) is 1.26. The Morgan fingerprint density at radius 1 is 1.47 bits per heavy atom. The summed E-state index contributed by atoms with van der Waals surface area (Å²) in [7, 11) is 0. The number of rotatable bonds is 2. The van der Waals surface area contributed by atoms with E-state index in [1.54, 1.807) is 18.3 Å². The normalized spacial score (nSPS) is 23.2. The van der Waals surface area contributed by atoms with Crippen molar-refractivity contribution < 1.29 is 14.7 Å². The highest BCUT2D eigenvalue weighted by Crippen LogP contribution is 2.25. The summed E-state index contributed by atoms with van der Waals surface area (Å²) in [6.45, 7) is 4.20. The Kier molecular flexibility index (Phi) is 3.83. The van der Waals surface area contributed by atoms with E-state index < -0.39 is 12.0 Å². The number of aliphatic carboxylic acids is 1. The SMILES string of the molecule is Cc1cc(C(=O)N2CCCC(C)C2C(=O)O)ccn1. The fourth-order valence-corrected chi connectivity index (χ4v) is 2.64. The van der Waals surface area contributed by atoms with Gasteiger partial charge in [0.05, 0.1) is 0 Å². The van der Waals surface area contributed by atoms with Gasteiger partial charge < -0.3 is 10.0 Å². The van der Waals surface area contributed by atoms with Crippen LogP contribution in [0.25, 0.3) is 0 Å². The summed E-state index contributed by atoms with van der Waals surface area (Å²) in [5, 5.41) is 9.32. The number of carboxylic acids is 1. The van der Waals surface area contributed by atoms with Crippen LogP contribution in [-0.4, -0.2) is 39.5 Å². The zero-order valence-corrected chi connectivity index (χ0v) is 11.2. The number of hydrogen-bond acceptors (Lipinski definition) is 3. The lowest BCUT2D eigenvalue weighted by atomic mass is 9.90. The Morgan fingerprint density at radius 2 is 2.21 bits per heavy atom. The van der Waals surface area contributed by atoms with Crippen molar-refractivity contribution in [3.8, 4) is 0 Å². The van der Waals surface area contributed by atoms with E-state index in [-0.39, 0.29) is 11.8 Å². The van der Waals surface area contributed by atoms with Gasteiger partial charge in [-0.3, -0.25) is 9.78 Å². The lowest BCUT2D eigenvalue weighted by Gasteiger charge is -2.37. The standard InChI is InChI=1S/C14H18N2O3/c1-9-4-3-7-16(12(9)14(18)19)13(17)11-5-6-15-10(2)8-11/h5-6,8-9,12H,3-4,7H2,1-2H3,(H,18,19). The smallest absolute Gasteiger partial charge is 0.326 e. The monoisotopic (exact) mass is 262 g/mol. The van der Waals surface area contributed by atoms with Crippen molar-refractivity contribution in [3.05, 3.63) is 29.6 Å². The number of hydrogen-bond donors (Lipinski definition) is 1. The first-order valence-corrected chi connectivity index (χ1v) is 6.47. The predicted molar refractivity (Wildman–Crippen MR) is 69.8 cm³/mol. The maximum Gasteiger partial charge on any atom is 0.326 e. The second-order valence-corrected chi connectivity index (χ2v) is 5.09. The van der Waals surface area contributed by atoms with Gasteiger partial charge in [0.2, 0.25) is 0 Å². The molecule has 1 fully saturated rings. The maximum atomic E-state index is 12.4. The van der Waals surface area contributed by atoms with Crippen LogP contribution < -0.4 is 0 Å². The summed E-state index contributed by atoms with van der Waals surface area (Å²) in [6.07, 6.45) is 3.27. The fraction of sp³-hybridized carbons (Fsp3) is 0.500. The molecule has 5 nitrogen and oxygen atoms in total. The molecule has 0 aliphatic carbocycles. The molecular formula is C14H18N2O3. The molecule has 1 aliphatic heterocycles. The van der Waals surface area contributed by atoms with Crippen molar-refractivity contribution >= 4 is 11.9 Å². The van der Waals surface area contributed by atoms with E-state index >= 15 is 0 Å². The number of carbonyl (C=O) groups excluding carboxylic acids is 1. The molecule has 2 atom stereocenters. The molecule has 0 radical (unpaired) electrons. The third-order valence-corrected chi connectivity index (χ3v) is 3.59. The molecule has 1 aliphatic rings. The minimum absolute atomic E-state index is 0.0156. The first-order chi connectivity index (χ1) is 9.00. The van der Waals surface area contributed by atoms with Crippen molar-refractivity contribution in [2.24, 2.45) is 5.92 Å². The molecule has 2 rings (SSSR count). The third kappa shape index (κ3) is 2.75. The van der Waals surface area contributed by atoms with Crippen LogP contribution in [0.1, 0.15) is 35.8 Å². The van der Waals surface area contributed by atoms with Crippen LogP contribution in [0.4, 0.5) is 0 Å². The van der Waals surface area contributed by atoms with Crippen molar-refractivity contribution in [2.75, 3.05) is 6.54 Å². The van der Waals surface area contributed by atoms with Crippen LogP contribution in [0.3, 0.4) is 0 Å². The highest BCUT2D eigenvalue weighted by Gasteiger charge is 2.37. The quantitative estimate of drug-likeness (QED) is 0.881. The first kappa shape index (κ1) is 13.5. The summed E-state index contributed by atoms with van der Waals surface area (Å²) in [5.74, 6) is -1.16. The van der Waals surface area contributed by atoms with E-state index in [4.69, 9.17) is 0 Å². The zero-order valence-electron chi connectivity index (χ0n) is 11.2. The number of nitrogens with zero attached hydrogens (tertiary/aromatic N) is 2. The zero-order chi connectivity index (χ0) is 14.0. The van der Waals surface area contributed by atoms with Crippen LogP contribution in [0, 0.1) is 12.8 Å². The second kappa shape index (κ2) is 5.38. The fourth-order valence-electron chi connectivity index (χ4n) is 2.64. The van der Waals surface area contributed by atoms with Crippen molar-refractivity contribution in [2.45, 2.75) is 32.7 Å². The molecule has 19 heavy (non-hydrogen) atoms. The Hall–Kier alpha value is -1.91. The number of pyridine rings is 1. The van der Waals surface area contributed by atoms with E-state index in [9.17, 15) is 14.7 Å². The second-order valence-electron chi connectivity index (χ2n) is 5.09. The van der Waals surface area contributed by atoms with Crippen LogP contribution in [-0.2, 0) is 4.79 Å². The number of carbonyl (C=O) groups is 2. The molecule has 0 spiro atoms. The predicted octanol–water partition coefficient (Wildman–Crippen LogP) is 1.72. The van der Waals surface area contributed by atoms with Crippen molar-refractivity contribution in [1.29, 1.82) is 0 Å². The molecule has 0 saturated carbocycles. The average Bonchev–Trinajstić information content (AvgIpc) is 2.37. The average molecular weight is 262 g/mol. The Morgan fingerprint density at radius 3 is 2.84 bits per heavy atom.